The first-order chi connectivity index (χ1) is 15.6. The summed E-state index contributed by atoms with van der Waals surface area (Å²) in [7, 11) is 0. The predicted molar refractivity (Wildman–Crippen MR) is 113 cm³/mol. The van der Waals surface area contributed by atoms with Crippen molar-refractivity contribution in [3.8, 4) is 0 Å². The molecule has 11 heteroatoms. The summed E-state index contributed by atoms with van der Waals surface area (Å²) in [5, 5.41) is 7.12. The van der Waals surface area contributed by atoms with Gasteiger partial charge in [0.2, 0.25) is 0 Å². The second-order valence-corrected chi connectivity index (χ2v) is 7.70. The average molecular weight is 467 g/mol. The number of aliphatic carboxylic acids is 1. The van der Waals surface area contributed by atoms with Crippen LogP contribution in [-0.2, 0) is 19.1 Å². The highest BCUT2D eigenvalue weighted by atomic mass is 19.4. The van der Waals surface area contributed by atoms with Crippen molar-refractivity contribution in [1.29, 1.82) is 0 Å². The molecular weight excluding hydrogens is 443 g/mol. The Labute approximate surface area is 188 Å². The molecule has 2 aliphatic heterocycles. The van der Waals surface area contributed by atoms with E-state index in [1.165, 1.54) is 0 Å². The number of carboxylic acid groups (broad SMARTS) is 1. The number of benzene rings is 1. The van der Waals surface area contributed by atoms with Crippen LogP contribution in [-0.4, -0.2) is 73.2 Å². The molecule has 1 N–H and O–H groups in total. The van der Waals surface area contributed by atoms with Crippen molar-refractivity contribution in [2.45, 2.75) is 18.7 Å². The Bertz CT molecular complexity index is 973. The molecule has 4 rings (SSSR count). The van der Waals surface area contributed by atoms with Gasteiger partial charge in [-0.15, -0.1) is 0 Å². The van der Waals surface area contributed by atoms with Crippen LogP contribution in [0, 0.1) is 6.92 Å². The lowest BCUT2D eigenvalue weighted by molar-refractivity contribution is -0.192. The van der Waals surface area contributed by atoms with Crippen molar-refractivity contribution in [3.05, 3.63) is 54.2 Å². The number of aryl methyl sites for hydroxylation is 1. The quantitative estimate of drug-likeness (QED) is 0.726. The Morgan fingerprint density at radius 3 is 2.45 bits per heavy atom. The molecule has 1 atom stereocenters. The van der Waals surface area contributed by atoms with E-state index in [9.17, 15) is 18.0 Å². The highest BCUT2D eigenvalue weighted by Crippen LogP contribution is 2.28. The molecule has 33 heavy (non-hydrogen) atoms. The van der Waals surface area contributed by atoms with Crippen LogP contribution < -0.4 is 9.80 Å². The van der Waals surface area contributed by atoms with Gasteiger partial charge in [-0.25, -0.2) is 9.78 Å². The number of para-hydroxylation sites is 1. The zero-order chi connectivity index (χ0) is 24.1. The zero-order valence-corrected chi connectivity index (χ0v) is 17.9. The van der Waals surface area contributed by atoms with E-state index in [-0.39, 0.29) is 12.5 Å². The summed E-state index contributed by atoms with van der Waals surface area (Å²) in [5.41, 5.74) is 1.31. The maximum atomic E-state index is 12.4. The smallest absolute Gasteiger partial charge is 0.475 e. The van der Waals surface area contributed by atoms with Crippen LogP contribution in [0.2, 0.25) is 0 Å². The minimum Gasteiger partial charge on any atom is -0.475 e. The molecule has 2 fully saturated rings. The molecule has 0 bridgehead atoms. The summed E-state index contributed by atoms with van der Waals surface area (Å²) >= 11 is 0. The summed E-state index contributed by atoms with van der Waals surface area (Å²) in [6.45, 7) is 4.98. The van der Waals surface area contributed by atoms with Crippen molar-refractivity contribution in [2.24, 2.45) is 0 Å². The van der Waals surface area contributed by atoms with Crippen molar-refractivity contribution < 1.29 is 37.3 Å². The Hall–Kier alpha value is -3.18. The third kappa shape index (κ3) is 6.42. The van der Waals surface area contributed by atoms with E-state index in [1.54, 1.807) is 4.90 Å². The van der Waals surface area contributed by atoms with Gasteiger partial charge in [0.25, 0.3) is 5.91 Å². The number of anilines is 2. The van der Waals surface area contributed by atoms with Crippen LogP contribution in [0.3, 0.4) is 0 Å². The number of hydrogen-bond acceptors (Lipinski definition) is 6. The maximum Gasteiger partial charge on any atom is 0.490 e. The first-order valence-electron chi connectivity index (χ1n) is 10.2. The van der Waals surface area contributed by atoms with E-state index in [0.717, 1.165) is 23.7 Å². The highest BCUT2D eigenvalue weighted by molar-refractivity contribution is 5.95. The van der Waals surface area contributed by atoms with Gasteiger partial charge in [-0.2, -0.15) is 13.2 Å². The fraction of sp³-hybridized carbons (Fsp3) is 0.409. The minimum atomic E-state index is -5.08. The van der Waals surface area contributed by atoms with Crippen molar-refractivity contribution in [1.82, 2.24) is 4.98 Å². The number of hydrogen-bond donors (Lipinski definition) is 1. The average Bonchev–Trinajstić information content (AvgIpc) is 2.99. The van der Waals surface area contributed by atoms with Gasteiger partial charge < -0.3 is 24.4 Å². The zero-order valence-electron chi connectivity index (χ0n) is 17.9. The Morgan fingerprint density at radius 2 is 1.82 bits per heavy atom. The molecule has 8 nitrogen and oxygen atoms in total. The number of amides is 1. The minimum absolute atomic E-state index is 0.0219. The first kappa shape index (κ1) is 24.5. The molecule has 1 unspecified atom stereocenters. The van der Waals surface area contributed by atoms with Gasteiger partial charge >= 0.3 is 12.1 Å². The monoisotopic (exact) mass is 467 g/mol. The number of carbonyl (C=O) groups is 2. The van der Waals surface area contributed by atoms with Gasteiger partial charge in [-0.3, -0.25) is 4.79 Å². The van der Waals surface area contributed by atoms with Crippen LogP contribution >= 0.6 is 0 Å². The maximum absolute atomic E-state index is 12.4. The molecule has 2 aromatic rings. The molecule has 2 aliphatic rings. The van der Waals surface area contributed by atoms with Crippen LogP contribution in [0.4, 0.5) is 24.7 Å². The van der Waals surface area contributed by atoms with E-state index >= 15 is 0 Å². The van der Waals surface area contributed by atoms with Gasteiger partial charge in [0.05, 0.1) is 26.3 Å². The predicted octanol–water partition coefficient (Wildman–Crippen LogP) is 2.66. The van der Waals surface area contributed by atoms with Crippen molar-refractivity contribution in [3.63, 3.8) is 0 Å². The number of rotatable bonds is 2. The van der Waals surface area contributed by atoms with Gasteiger partial charge in [0.1, 0.15) is 18.0 Å². The molecule has 0 radical (unpaired) electrons. The van der Waals surface area contributed by atoms with E-state index in [0.29, 0.717) is 26.3 Å². The molecule has 0 saturated carbocycles. The summed E-state index contributed by atoms with van der Waals surface area (Å²) in [5.74, 6) is -1.86. The second kappa shape index (κ2) is 10.2. The summed E-state index contributed by atoms with van der Waals surface area (Å²) in [6.07, 6.45) is -5.08. The van der Waals surface area contributed by atoms with E-state index in [1.807, 2.05) is 55.5 Å². The van der Waals surface area contributed by atoms with Crippen LogP contribution in [0.5, 0.6) is 0 Å². The fourth-order valence-electron chi connectivity index (χ4n) is 3.55. The molecule has 3 heterocycles. The van der Waals surface area contributed by atoms with Gasteiger partial charge in [-0.1, -0.05) is 24.3 Å². The van der Waals surface area contributed by atoms with E-state index in [4.69, 9.17) is 19.4 Å². The normalized spacial score (nSPS) is 21.3. The Morgan fingerprint density at radius 1 is 1.12 bits per heavy atom. The topological polar surface area (TPSA) is 92.2 Å². The molecule has 1 spiro atoms. The van der Waals surface area contributed by atoms with Gasteiger partial charge in [-0.05, 0) is 31.2 Å². The Kier molecular flexibility index (Phi) is 7.54. The van der Waals surface area contributed by atoms with Crippen molar-refractivity contribution in [2.75, 3.05) is 49.3 Å². The lowest BCUT2D eigenvalue weighted by Gasteiger charge is -2.43. The summed E-state index contributed by atoms with van der Waals surface area (Å²) in [6, 6.07) is 15.7. The van der Waals surface area contributed by atoms with Crippen molar-refractivity contribution >= 4 is 23.4 Å². The summed E-state index contributed by atoms with van der Waals surface area (Å²) in [4.78, 5) is 30.0. The lowest BCUT2D eigenvalue weighted by Crippen LogP contribution is -2.61. The molecule has 1 aromatic heterocycles. The fourth-order valence-corrected chi connectivity index (χ4v) is 3.55. The third-order valence-electron chi connectivity index (χ3n) is 5.11. The number of ether oxygens (including phenoxy) is 2. The van der Waals surface area contributed by atoms with Crippen LogP contribution in [0.15, 0.2) is 48.5 Å². The summed E-state index contributed by atoms with van der Waals surface area (Å²) < 4.78 is 43.6. The second-order valence-electron chi connectivity index (χ2n) is 7.70. The standard InChI is InChI=1S/C20H23N3O3.C2HF3O2/c1-16-6-5-9-18(21-16)22-10-11-25-15-20(13-22)14-23(19(24)12-26-20)17-7-3-2-4-8-17;3-2(4,5)1(6)7/h2-9H,10-15H2,1H3;(H,6,7). The van der Waals surface area contributed by atoms with Gasteiger partial charge in [0.15, 0.2) is 0 Å². The van der Waals surface area contributed by atoms with Crippen LogP contribution in [0.25, 0.3) is 0 Å². The number of nitrogens with zero attached hydrogens (tertiary/aromatic N) is 3. The molecule has 2 saturated heterocycles. The molecule has 1 amide bonds. The third-order valence-corrected chi connectivity index (χ3v) is 5.11. The number of alkyl halides is 3. The van der Waals surface area contributed by atoms with E-state index < -0.39 is 17.7 Å². The first-order valence-corrected chi connectivity index (χ1v) is 10.2. The molecule has 178 valence electrons. The molecule has 1 aromatic carbocycles. The lowest BCUT2D eigenvalue weighted by atomic mass is 10.0. The Balaban J connectivity index is 0.000000383. The number of halogens is 3. The SMILES string of the molecule is Cc1cccc(N2CCOCC3(C2)CN(c2ccccc2)C(=O)CO3)n1.O=C(O)C(F)(F)F. The largest absolute Gasteiger partial charge is 0.490 e. The highest BCUT2D eigenvalue weighted by Gasteiger charge is 2.43. The number of morpholine rings is 1. The van der Waals surface area contributed by atoms with E-state index in [2.05, 4.69) is 9.88 Å². The number of carbonyl (C=O) groups excluding carboxylic acids is 1. The van der Waals surface area contributed by atoms with Crippen LogP contribution in [0.1, 0.15) is 5.69 Å². The number of carboxylic acids is 1. The number of pyridine rings is 1. The van der Waals surface area contributed by atoms with Gasteiger partial charge in [0, 0.05) is 17.9 Å². The number of aromatic nitrogens is 1. The molecular formula is C22H24F3N3O5. The molecule has 0 aliphatic carbocycles.